The van der Waals surface area contributed by atoms with Gasteiger partial charge >= 0.3 is 0 Å². The van der Waals surface area contributed by atoms with E-state index in [4.69, 9.17) is 4.99 Å². The molecule has 0 N–H and O–H groups in total. The van der Waals surface area contributed by atoms with Gasteiger partial charge in [-0.25, -0.2) is 0 Å². The average Bonchev–Trinajstić information content (AvgIpc) is 2.44. The number of hydrogen-bond acceptors (Lipinski definition) is 1. The van der Waals surface area contributed by atoms with Crippen LogP contribution in [-0.2, 0) is 0 Å². The van der Waals surface area contributed by atoms with Crippen molar-refractivity contribution >= 4 is 5.84 Å². The molecule has 0 aromatic rings. The van der Waals surface area contributed by atoms with Crippen LogP contribution in [0.4, 0.5) is 0 Å². The first-order valence-electron chi connectivity index (χ1n) is 8.58. The van der Waals surface area contributed by atoms with Gasteiger partial charge in [-0.1, -0.05) is 58.8 Å². The fourth-order valence-electron chi connectivity index (χ4n) is 2.48. The van der Waals surface area contributed by atoms with Crippen molar-refractivity contribution in [3.63, 3.8) is 0 Å². The Morgan fingerprint density at radius 3 is 1.74 bits per heavy atom. The normalized spacial score (nSPS) is 11.9. The summed E-state index contributed by atoms with van der Waals surface area (Å²) in [7, 11) is 0. The Hall–Kier alpha value is -0.530. The van der Waals surface area contributed by atoms with Gasteiger partial charge in [-0.15, -0.1) is 0 Å². The minimum atomic E-state index is 1.02. The van der Waals surface area contributed by atoms with E-state index in [1.54, 1.807) is 0 Å². The van der Waals surface area contributed by atoms with Gasteiger partial charge in [0, 0.05) is 26.1 Å². The van der Waals surface area contributed by atoms with E-state index in [9.17, 15) is 0 Å². The fourth-order valence-corrected chi connectivity index (χ4v) is 2.48. The Labute approximate surface area is 121 Å². The number of rotatable bonds is 12. The van der Waals surface area contributed by atoms with E-state index in [2.05, 4.69) is 32.6 Å². The lowest BCUT2D eigenvalue weighted by atomic mass is 10.1. The van der Waals surface area contributed by atoms with Crippen molar-refractivity contribution < 1.29 is 0 Å². The van der Waals surface area contributed by atoms with Crippen LogP contribution in [0.25, 0.3) is 0 Å². The quantitative estimate of drug-likeness (QED) is 0.267. The van der Waals surface area contributed by atoms with Crippen LogP contribution >= 0.6 is 0 Å². The van der Waals surface area contributed by atoms with E-state index in [1.807, 2.05) is 0 Å². The summed E-state index contributed by atoms with van der Waals surface area (Å²) >= 11 is 0. The minimum Gasteiger partial charge on any atom is -0.361 e. The second-order valence-electron chi connectivity index (χ2n) is 5.30. The van der Waals surface area contributed by atoms with Gasteiger partial charge < -0.3 is 4.90 Å². The summed E-state index contributed by atoms with van der Waals surface area (Å²) in [5, 5.41) is 0. The van der Waals surface area contributed by atoms with Gasteiger partial charge in [0.1, 0.15) is 0 Å². The molecule has 0 bridgehead atoms. The van der Waals surface area contributed by atoms with E-state index >= 15 is 0 Å². The number of nitrogens with zero attached hydrogens (tertiary/aromatic N) is 2. The zero-order valence-corrected chi connectivity index (χ0v) is 13.9. The third kappa shape index (κ3) is 9.98. The molecule has 0 saturated carbocycles. The van der Waals surface area contributed by atoms with Crippen LogP contribution in [0.3, 0.4) is 0 Å². The zero-order valence-electron chi connectivity index (χ0n) is 13.9. The Morgan fingerprint density at radius 2 is 1.26 bits per heavy atom. The Kier molecular flexibility index (Phi) is 13.5. The summed E-state index contributed by atoms with van der Waals surface area (Å²) < 4.78 is 0. The van der Waals surface area contributed by atoms with Crippen molar-refractivity contribution in [1.82, 2.24) is 4.90 Å². The molecule has 0 aromatic carbocycles. The van der Waals surface area contributed by atoms with Gasteiger partial charge in [-0.05, 0) is 20.3 Å². The molecule has 2 nitrogen and oxygen atoms in total. The third-order valence-corrected chi connectivity index (χ3v) is 3.75. The summed E-state index contributed by atoms with van der Waals surface area (Å²) in [5.41, 5.74) is 0. The fraction of sp³-hybridized carbons (Fsp3) is 0.941. The highest BCUT2D eigenvalue weighted by atomic mass is 15.2. The van der Waals surface area contributed by atoms with Gasteiger partial charge in [0.05, 0.1) is 5.84 Å². The van der Waals surface area contributed by atoms with Crippen LogP contribution in [0.5, 0.6) is 0 Å². The van der Waals surface area contributed by atoms with Crippen LogP contribution in [-0.4, -0.2) is 30.4 Å². The predicted molar refractivity (Wildman–Crippen MR) is 88.1 cm³/mol. The molecule has 0 aliphatic rings. The number of aliphatic imine (C=N–C) groups is 1. The molecular weight excluding hydrogens is 232 g/mol. The summed E-state index contributed by atoms with van der Waals surface area (Å²) in [6.45, 7) is 12.1. The highest BCUT2D eigenvalue weighted by Gasteiger charge is 2.03. The molecule has 0 atom stereocenters. The van der Waals surface area contributed by atoms with Crippen molar-refractivity contribution in [3.05, 3.63) is 0 Å². The number of amidine groups is 1. The van der Waals surface area contributed by atoms with Gasteiger partial charge in [0.25, 0.3) is 0 Å². The summed E-state index contributed by atoms with van der Waals surface area (Å²) in [4.78, 5) is 7.15. The maximum absolute atomic E-state index is 4.77. The lowest BCUT2D eigenvalue weighted by Crippen LogP contribution is -2.30. The van der Waals surface area contributed by atoms with Gasteiger partial charge in [0.15, 0.2) is 0 Å². The Balaban J connectivity index is 3.59. The predicted octanol–water partition coefficient (Wildman–Crippen LogP) is 5.28. The highest BCUT2D eigenvalue weighted by Crippen LogP contribution is 2.08. The number of unbranched alkanes of at least 4 members (excludes halogenated alkanes) is 7. The zero-order chi connectivity index (χ0) is 14.3. The second-order valence-corrected chi connectivity index (χ2v) is 5.30. The van der Waals surface area contributed by atoms with Crippen LogP contribution in [0, 0.1) is 0 Å². The van der Waals surface area contributed by atoms with Gasteiger partial charge in [-0.2, -0.15) is 0 Å². The topological polar surface area (TPSA) is 15.6 Å². The maximum Gasteiger partial charge on any atom is 0.0985 e. The molecular formula is C17H36N2. The van der Waals surface area contributed by atoms with Crippen LogP contribution in [0.15, 0.2) is 4.99 Å². The molecule has 19 heavy (non-hydrogen) atoms. The second kappa shape index (κ2) is 13.9. The molecule has 0 aromatic heterocycles. The molecule has 114 valence electrons. The smallest absolute Gasteiger partial charge is 0.0985 e. The first kappa shape index (κ1) is 18.5. The van der Waals surface area contributed by atoms with E-state index in [-0.39, 0.29) is 0 Å². The largest absolute Gasteiger partial charge is 0.361 e. The van der Waals surface area contributed by atoms with Crippen molar-refractivity contribution in [3.8, 4) is 0 Å². The molecule has 0 aliphatic carbocycles. The molecule has 0 heterocycles. The van der Waals surface area contributed by atoms with Crippen molar-refractivity contribution in [2.24, 2.45) is 4.99 Å². The van der Waals surface area contributed by atoms with E-state index < -0.39 is 0 Å². The highest BCUT2D eigenvalue weighted by molar-refractivity contribution is 5.81. The molecule has 0 fully saturated rings. The van der Waals surface area contributed by atoms with Gasteiger partial charge in [-0.3, -0.25) is 4.99 Å². The summed E-state index contributed by atoms with van der Waals surface area (Å²) in [6, 6.07) is 0. The molecule has 0 radical (unpaired) electrons. The molecule has 0 rings (SSSR count). The minimum absolute atomic E-state index is 1.02. The van der Waals surface area contributed by atoms with Crippen LogP contribution in [0.2, 0.25) is 0 Å². The van der Waals surface area contributed by atoms with E-state index in [0.29, 0.717) is 0 Å². The molecule has 0 aliphatic heterocycles. The van der Waals surface area contributed by atoms with E-state index in [0.717, 1.165) is 26.1 Å². The molecule has 0 saturated heterocycles. The SMILES string of the molecule is CCCCCCCCCCN=C(CC)N(CC)CC. The standard InChI is InChI=1S/C17H36N2/c1-5-9-10-11-12-13-14-15-16-18-17(6-2)19(7-3)8-4/h5-16H2,1-4H3. The molecule has 0 amide bonds. The Bertz CT molecular complexity index is 207. The Morgan fingerprint density at radius 1 is 0.737 bits per heavy atom. The lowest BCUT2D eigenvalue weighted by molar-refractivity contribution is 0.454. The monoisotopic (exact) mass is 268 g/mol. The summed E-state index contributed by atoms with van der Waals surface area (Å²) in [5.74, 6) is 1.30. The van der Waals surface area contributed by atoms with Crippen molar-refractivity contribution in [1.29, 1.82) is 0 Å². The van der Waals surface area contributed by atoms with E-state index in [1.165, 1.54) is 57.2 Å². The van der Waals surface area contributed by atoms with Crippen LogP contribution < -0.4 is 0 Å². The first-order chi connectivity index (χ1) is 9.29. The molecule has 0 spiro atoms. The van der Waals surface area contributed by atoms with Gasteiger partial charge in [0.2, 0.25) is 0 Å². The molecule has 2 heteroatoms. The van der Waals surface area contributed by atoms with Crippen LogP contribution in [0.1, 0.15) is 85.5 Å². The average molecular weight is 268 g/mol. The van der Waals surface area contributed by atoms with Crippen molar-refractivity contribution in [2.75, 3.05) is 19.6 Å². The molecule has 0 unspecified atom stereocenters. The van der Waals surface area contributed by atoms with Crippen molar-refractivity contribution in [2.45, 2.75) is 85.5 Å². The first-order valence-corrected chi connectivity index (χ1v) is 8.58. The summed E-state index contributed by atoms with van der Waals surface area (Å²) in [6.07, 6.45) is 12.1. The third-order valence-electron chi connectivity index (χ3n) is 3.75. The lowest BCUT2D eigenvalue weighted by Gasteiger charge is -2.22. The maximum atomic E-state index is 4.77. The number of hydrogen-bond donors (Lipinski definition) is 0.